The fourth-order valence-corrected chi connectivity index (χ4v) is 2.01. The van der Waals surface area contributed by atoms with E-state index < -0.39 is 0 Å². The Kier molecular flexibility index (Phi) is 3.01. The summed E-state index contributed by atoms with van der Waals surface area (Å²) in [5, 5.41) is 2.43. The summed E-state index contributed by atoms with van der Waals surface area (Å²) in [5.41, 5.74) is 1.16. The van der Waals surface area contributed by atoms with E-state index in [1.807, 2.05) is 23.3 Å². The molecule has 0 aliphatic carbocycles. The van der Waals surface area contributed by atoms with Gasteiger partial charge in [-0.05, 0) is 24.5 Å². The zero-order chi connectivity index (χ0) is 9.97. The lowest BCUT2D eigenvalue weighted by atomic mass is 9.98. The molecule has 1 aliphatic heterocycles. The number of hydrogen-bond acceptors (Lipinski definition) is 3. The van der Waals surface area contributed by atoms with E-state index in [0.29, 0.717) is 11.2 Å². The predicted molar refractivity (Wildman–Crippen MR) is 56.7 cm³/mol. The maximum Gasteiger partial charge on any atom is 0.129 e. The van der Waals surface area contributed by atoms with Gasteiger partial charge in [-0.25, -0.2) is 9.99 Å². The molecule has 3 nitrogen and oxygen atoms in total. The third kappa shape index (κ3) is 2.05. The minimum atomic E-state index is 0.313. The third-order valence-electron chi connectivity index (χ3n) is 2.68. The molecule has 0 amide bonds. The number of hydrogen-bond donors (Lipinski definition) is 1. The van der Waals surface area contributed by atoms with Gasteiger partial charge in [-0.2, -0.15) is 0 Å². The zero-order valence-electron chi connectivity index (χ0n) is 7.99. The van der Waals surface area contributed by atoms with Gasteiger partial charge >= 0.3 is 0 Å². The van der Waals surface area contributed by atoms with Crippen LogP contribution in [-0.2, 0) is 0 Å². The fraction of sp³-hybridized carbons (Fsp3) is 0.500. The van der Waals surface area contributed by atoms with Gasteiger partial charge in [0.05, 0.1) is 6.04 Å². The quantitative estimate of drug-likeness (QED) is 0.572. The van der Waals surface area contributed by atoms with Crippen LogP contribution in [0.15, 0.2) is 18.3 Å². The Morgan fingerprint density at radius 1 is 1.43 bits per heavy atom. The van der Waals surface area contributed by atoms with Gasteiger partial charge in [0, 0.05) is 12.7 Å². The molecule has 0 unspecified atom stereocenters. The minimum absolute atomic E-state index is 0.313. The summed E-state index contributed by atoms with van der Waals surface area (Å²) in [5.74, 6) is 5.92. The van der Waals surface area contributed by atoms with Crippen LogP contribution in [0.4, 0.5) is 0 Å². The standard InChI is InChI=1S/C10H14ClN3/c11-10-5-4-8(7-13-10)9-3-1-2-6-14(9)12/h4-5,7,9H,1-3,6,12H2/t9-/m1/s1. The van der Waals surface area contributed by atoms with Crippen molar-refractivity contribution >= 4 is 11.6 Å². The molecule has 4 heteroatoms. The van der Waals surface area contributed by atoms with Crippen LogP contribution >= 0.6 is 11.6 Å². The number of nitrogens with two attached hydrogens (primary N) is 1. The SMILES string of the molecule is NN1CCCC[C@@H]1c1ccc(Cl)nc1. The molecule has 1 atom stereocenters. The lowest BCUT2D eigenvalue weighted by Crippen LogP contribution is -2.38. The van der Waals surface area contributed by atoms with Gasteiger partial charge in [0.2, 0.25) is 0 Å². The highest BCUT2D eigenvalue weighted by molar-refractivity contribution is 6.29. The maximum atomic E-state index is 5.92. The molecule has 2 rings (SSSR count). The molecule has 14 heavy (non-hydrogen) atoms. The fourth-order valence-electron chi connectivity index (χ4n) is 1.90. The molecule has 0 radical (unpaired) electrons. The van der Waals surface area contributed by atoms with E-state index in [1.165, 1.54) is 12.8 Å². The first-order valence-corrected chi connectivity index (χ1v) is 5.28. The summed E-state index contributed by atoms with van der Waals surface area (Å²) in [6.45, 7) is 0.966. The molecule has 1 fully saturated rings. The topological polar surface area (TPSA) is 42.1 Å². The smallest absolute Gasteiger partial charge is 0.129 e. The summed E-state index contributed by atoms with van der Waals surface area (Å²) in [7, 11) is 0. The second-order valence-corrected chi connectivity index (χ2v) is 4.05. The first-order valence-electron chi connectivity index (χ1n) is 4.90. The number of piperidine rings is 1. The predicted octanol–water partition coefficient (Wildman–Crippen LogP) is 2.14. The molecule has 0 spiro atoms. The van der Waals surface area contributed by atoms with Crippen LogP contribution in [0.5, 0.6) is 0 Å². The Hall–Kier alpha value is -0.640. The Labute approximate surface area is 88.8 Å². The number of nitrogens with zero attached hydrogens (tertiary/aromatic N) is 2. The molecule has 2 heterocycles. The Morgan fingerprint density at radius 2 is 2.29 bits per heavy atom. The largest absolute Gasteiger partial charge is 0.268 e. The van der Waals surface area contributed by atoms with Crippen molar-refractivity contribution in [3.05, 3.63) is 29.0 Å². The summed E-state index contributed by atoms with van der Waals surface area (Å²) in [6, 6.07) is 4.14. The number of pyridine rings is 1. The van der Waals surface area contributed by atoms with E-state index in [0.717, 1.165) is 18.5 Å². The van der Waals surface area contributed by atoms with Gasteiger partial charge in [0.15, 0.2) is 0 Å². The van der Waals surface area contributed by atoms with Crippen LogP contribution in [0, 0.1) is 0 Å². The zero-order valence-corrected chi connectivity index (χ0v) is 8.74. The molecular weight excluding hydrogens is 198 g/mol. The van der Waals surface area contributed by atoms with E-state index >= 15 is 0 Å². The second-order valence-electron chi connectivity index (χ2n) is 3.66. The molecule has 1 aliphatic rings. The van der Waals surface area contributed by atoms with Crippen LogP contribution < -0.4 is 5.84 Å². The molecule has 76 valence electrons. The van der Waals surface area contributed by atoms with Gasteiger partial charge in [-0.3, -0.25) is 5.84 Å². The molecule has 2 N–H and O–H groups in total. The van der Waals surface area contributed by atoms with E-state index in [-0.39, 0.29) is 0 Å². The molecule has 0 bridgehead atoms. The Balaban J connectivity index is 2.16. The van der Waals surface area contributed by atoms with Gasteiger partial charge in [-0.1, -0.05) is 24.1 Å². The van der Waals surface area contributed by atoms with Crippen molar-refractivity contribution in [3.8, 4) is 0 Å². The number of halogens is 1. The van der Waals surface area contributed by atoms with Crippen molar-refractivity contribution in [1.82, 2.24) is 9.99 Å². The molecule has 0 saturated carbocycles. The Morgan fingerprint density at radius 3 is 2.93 bits per heavy atom. The van der Waals surface area contributed by atoms with Crippen molar-refractivity contribution < 1.29 is 0 Å². The summed E-state index contributed by atoms with van der Waals surface area (Å²) in [4.78, 5) is 4.07. The van der Waals surface area contributed by atoms with Gasteiger partial charge in [-0.15, -0.1) is 0 Å². The molecule has 1 aromatic heterocycles. The van der Waals surface area contributed by atoms with Crippen LogP contribution in [0.1, 0.15) is 30.9 Å². The van der Waals surface area contributed by atoms with Crippen LogP contribution in [0.3, 0.4) is 0 Å². The van der Waals surface area contributed by atoms with Gasteiger partial charge in [0.1, 0.15) is 5.15 Å². The summed E-state index contributed by atoms with van der Waals surface area (Å²) >= 11 is 5.73. The number of hydrazine groups is 1. The normalized spacial score (nSPS) is 23.7. The number of rotatable bonds is 1. The summed E-state index contributed by atoms with van der Waals surface area (Å²) in [6.07, 6.45) is 5.35. The lowest BCUT2D eigenvalue weighted by molar-refractivity contribution is 0.151. The van der Waals surface area contributed by atoms with Gasteiger partial charge < -0.3 is 0 Å². The van der Waals surface area contributed by atoms with Crippen molar-refractivity contribution in [2.24, 2.45) is 5.84 Å². The highest BCUT2D eigenvalue weighted by Crippen LogP contribution is 2.27. The van der Waals surface area contributed by atoms with Crippen LogP contribution in [0.2, 0.25) is 5.15 Å². The monoisotopic (exact) mass is 211 g/mol. The van der Waals surface area contributed by atoms with Crippen molar-refractivity contribution in [2.75, 3.05) is 6.54 Å². The van der Waals surface area contributed by atoms with E-state index in [9.17, 15) is 0 Å². The number of aromatic nitrogens is 1. The van der Waals surface area contributed by atoms with E-state index in [1.54, 1.807) is 0 Å². The molecule has 1 saturated heterocycles. The molecular formula is C10H14ClN3. The van der Waals surface area contributed by atoms with Crippen molar-refractivity contribution in [3.63, 3.8) is 0 Å². The lowest BCUT2D eigenvalue weighted by Gasteiger charge is -2.31. The average molecular weight is 212 g/mol. The second kappa shape index (κ2) is 4.26. The first kappa shape index (κ1) is 9.90. The maximum absolute atomic E-state index is 5.92. The van der Waals surface area contributed by atoms with E-state index in [4.69, 9.17) is 17.4 Å². The first-order chi connectivity index (χ1) is 6.77. The molecule has 0 aromatic carbocycles. The van der Waals surface area contributed by atoms with Crippen LogP contribution in [-0.4, -0.2) is 16.5 Å². The highest BCUT2D eigenvalue weighted by Gasteiger charge is 2.21. The van der Waals surface area contributed by atoms with Crippen molar-refractivity contribution in [2.45, 2.75) is 25.3 Å². The highest BCUT2D eigenvalue weighted by atomic mass is 35.5. The Bertz CT molecular complexity index is 299. The minimum Gasteiger partial charge on any atom is -0.268 e. The average Bonchev–Trinajstić information content (AvgIpc) is 2.20. The van der Waals surface area contributed by atoms with E-state index in [2.05, 4.69) is 4.98 Å². The molecule has 1 aromatic rings. The van der Waals surface area contributed by atoms with Gasteiger partial charge in [0.25, 0.3) is 0 Å². The third-order valence-corrected chi connectivity index (χ3v) is 2.90. The van der Waals surface area contributed by atoms with Crippen LogP contribution in [0.25, 0.3) is 0 Å². The van der Waals surface area contributed by atoms with Crippen molar-refractivity contribution in [1.29, 1.82) is 0 Å². The summed E-state index contributed by atoms with van der Waals surface area (Å²) < 4.78 is 0.